The predicted molar refractivity (Wildman–Crippen MR) is 84.4 cm³/mol. The van der Waals surface area contributed by atoms with Gasteiger partial charge in [-0.15, -0.1) is 11.7 Å². The predicted octanol–water partition coefficient (Wildman–Crippen LogP) is 1.86. The average molecular weight is 332 g/mol. The van der Waals surface area contributed by atoms with E-state index in [0.717, 1.165) is 0 Å². The number of benzene rings is 1. The molecule has 2 aromatic rings. The fraction of sp³-hybridized carbons (Fsp3) is 0.250. The molecule has 0 fully saturated rings. The normalized spacial score (nSPS) is 11.8. The van der Waals surface area contributed by atoms with Crippen LogP contribution < -0.4 is 5.32 Å². The summed E-state index contributed by atoms with van der Waals surface area (Å²) >= 11 is 0. The summed E-state index contributed by atoms with van der Waals surface area (Å²) in [5.74, 6) is -1.94. The number of nitrogens with zero attached hydrogens (tertiary/aromatic N) is 3. The Hall–Kier alpha value is -3.03. The second-order valence-corrected chi connectivity index (χ2v) is 5.10. The van der Waals surface area contributed by atoms with Crippen LogP contribution >= 0.6 is 0 Å². The number of carbonyl (C=O) groups is 2. The quantitative estimate of drug-likeness (QED) is 0.754. The molecule has 1 heterocycles. The Morgan fingerprint density at radius 1 is 1.42 bits per heavy atom. The number of aliphatic carboxylic acids is 1. The van der Waals surface area contributed by atoms with E-state index in [4.69, 9.17) is 5.11 Å². The molecular formula is C16H17FN4O3. The second-order valence-electron chi connectivity index (χ2n) is 5.10. The Morgan fingerprint density at radius 2 is 2.08 bits per heavy atom. The summed E-state index contributed by atoms with van der Waals surface area (Å²) in [6.07, 6.45) is 2.25. The maximum atomic E-state index is 13.0. The fourth-order valence-electron chi connectivity index (χ4n) is 2.08. The van der Waals surface area contributed by atoms with E-state index in [1.807, 2.05) is 0 Å². The minimum Gasteiger partial charge on any atom is -0.480 e. The number of aromatic nitrogens is 3. The second kappa shape index (κ2) is 7.49. The van der Waals surface area contributed by atoms with Gasteiger partial charge in [0.1, 0.15) is 17.7 Å². The van der Waals surface area contributed by atoms with Crippen molar-refractivity contribution in [2.75, 3.05) is 0 Å². The number of carboxylic acid groups (broad SMARTS) is 1. The highest BCUT2D eigenvalue weighted by atomic mass is 19.1. The maximum Gasteiger partial charge on any atom is 0.326 e. The first-order valence-corrected chi connectivity index (χ1v) is 7.26. The maximum absolute atomic E-state index is 13.0. The molecule has 2 N–H and O–H groups in total. The van der Waals surface area contributed by atoms with Crippen molar-refractivity contribution in [1.82, 2.24) is 20.1 Å². The molecule has 24 heavy (non-hydrogen) atoms. The van der Waals surface area contributed by atoms with Gasteiger partial charge in [0.15, 0.2) is 0 Å². The largest absolute Gasteiger partial charge is 0.480 e. The molecule has 1 atom stereocenters. The number of nitrogens with one attached hydrogen (secondary N) is 1. The van der Waals surface area contributed by atoms with Crippen LogP contribution in [0.4, 0.5) is 4.39 Å². The first kappa shape index (κ1) is 17.3. The van der Waals surface area contributed by atoms with Crippen LogP contribution in [0.15, 0.2) is 36.9 Å². The molecule has 0 aliphatic carbocycles. The van der Waals surface area contributed by atoms with Crippen molar-refractivity contribution < 1.29 is 19.1 Å². The molecule has 7 nitrogen and oxygen atoms in total. The van der Waals surface area contributed by atoms with E-state index in [-0.39, 0.29) is 18.1 Å². The summed E-state index contributed by atoms with van der Waals surface area (Å²) in [5.41, 5.74) is 0.543. The number of hydrogen-bond donors (Lipinski definition) is 2. The molecule has 2 rings (SSSR count). The van der Waals surface area contributed by atoms with Gasteiger partial charge in [-0.05, 0) is 44.0 Å². The molecule has 0 aliphatic rings. The topological polar surface area (TPSA) is 97.1 Å². The highest BCUT2D eigenvalue weighted by Gasteiger charge is 2.23. The zero-order chi connectivity index (χ0) is 17.7. The number of halogens is 1. The van der Waals surface area contributed by atoms with Gasteiger partial charge in [0.05, 0.1) is 5.69 Å². The van der Waals surface area contributed by atoms with Crippen LogP contribution in [-0.4, -0.2) is 37.8 Å². The molecule has 8 heteroatoms. The minimum absolute atomic E-state index is 0.151. The molecule has 1 unspecified atom stereocenters. The van der Waals surface area contributed by atoms with Crippen LogP contribution in [0.5, 0.6) is 0 Å². The number of allylic oxidation sites excluding steroid dienone is 1. The van der Waals surface area contributed by atoms with Crippen molar-refractivity contribution in [3.8, 4) is 5.69 Å². The van der Waals surface area contributed by atoms with Gasteiger partial charge in [0.25, 0.3) is 5.91 Å². The van der Waals surface area contributed by atoms with Crippen molar-refractivity contribution in [1.29, 1.82) is 0 Å². The zero-order valence-corrected chi connectivity index (χ0v) is 13.1. The summed E-state index contributed by atoms with van der Waals surface area (Å²) in [7, 11) is 0. The number of hydrogen-bond acceptors (Lipinski definition) is 4. The lowest BCUT2D eigenvalue weighted by atomic mass is 10.1. The number of carbonyl (C=O) groups excluding carboxylic acids is 1. The van der Waals surface area contributed by atoms with E-state index < -0.39 is 17.9 Å². The monoisotopic (exact) mass is 332 g/mol. The third-order valence-electron chi connectivity index (χ3n) is 3.31. The Labute approximate surface area is 137 Å². The molecule has 1 aromatic heterocycles. The molecule has 1 aromatic carbocycles. The van der Waals surface area contributed by atoms with E-state index in [0.29, 0.717) is 17.9 Å². The molecule has 0 spiro atoms. The van der Waals surface area contributed by atoms with E-state index in [9.17, 15) is 14.0 Å². The Kier molecular flexibility index (Phi) is 5.41. The smallest absolute Gasteiger partial charge is 0.326 e. The Bertz CT molecular complexity index is 755. The number of rotatable bonds is 7. The van der Waals surface area contributed by atoms with Crippen LogP contribution in [0.3, 0.4) is 0 Å². The van der Waals surface area contributed by atoms with Crippen LogP contribution in [0.25, 0.3) is 5.69 Å². The molecule has 0 aliphatic heterocycles. The standard InChI is InChI=1S/C16H17FN4O3/c1-3-4-5-13(16(23)24)19-15(22)14-18-10(2)21(20-14)12-8-6-11(17)7-9-12/h3,6-9,13H,1,4-5H2,2H3,(H,19,22)(H,23,24). The van der Waals surface area contributed by atoms with Gasteiger partial charge in [-0.3, -0.25) is 4.79 Å². The first-order valence-electron chi connectivity index (χ1n) is 7.26. The number of aryl methyl sites for hydroxylation is 1. The summed E-state index contributed by atoms with van der Waals surface area (Å²) < 4.78 is 14.4. The molecule has 1 amide bonds. The molecular weight excluding hydrogens is 315 g/mol. The van der Waals surface area contributed by atoms with Gasteiger partial charge in [-0.2, -0.15) is 0 Å². The van der Waals surface area contributed by atoms with Crippen molar-refractivity contribution in [3.05, 3.63) is 54.4 Å². The van der Waals surface area contributed by atoms with Gasteiger partial charge in [0, 0.05) is 0 Å². The molecule has 0 radical (unpaired) electrons. The Morgan fingerprint density at radius 3 is 2.67 bits per heavy atom. The van der Waals surface area contributed by atoms with Crippen LogP contribution in [0.1, 0.15) is 29.3 Å². The molecule has 126 valence electrons. The highest BCUT2D eigenvalue weighted by molar-refractivity contribution is 5.93. The van der Waals surface area contributed by atoms with E-state index in [1.54, 1.807) is 13.0 Å². The average Bonchev–Trinajstić information content (AvgIpc) is 2.93. The van der Waals surface area contributed by atoms with Crippen LogP contribution in [-0.2, 0) is 4.79 Å². The van der Waals surface area contributed by atoms with Crippen molar-refractivity contribution in [2.45, 2.75) is 25.8 Å². The van der Waals surface area contributed by atoms with Gasteiger partial charge in [-0.1, -0.05) is 6.08 Å². The van der Waals surface area contributed by atoms with Crippen molar-refractivity contribution in [2.24, 2.45) is 0 Å². The summed E-state index contributed by atoms with van der Waals surface area (Å²) in [5, 5.41) is 15.6. The van der Waals surface area contributed by atoms with Crippen molar-refractivity contribution in [3.63, 3.8) is 0 Å². The first-order chi connectivity index (χ1) is 11.4. The minimum atomic E-state index is -1.14. The van der Waals surface area contributed by atoms with Gasteiger partial charge in [0.2, 0.25) is 5.82 Å². The third kappa shape index (κ3) is 4.03. The number of carboxylic acids is 1. The lowest BCUT2D eigenvalue weighted by Gasteiger charge is -2.11. The summed E-state index contributed by atoms with van der Waals surface area (Å²) in [6, 6.07) is 4.50. The van der Waals surface area contributed by atoms with E-state index in [2.05, 4.69) is 22.0 Å². The number of amides is 1. The van der Waals surface area contributed by atoms with Gasteiger partial charge >= 0.3 is 5.97 Å². The lowest BCUT2D eigenvalue weighted by Crippen LogP contribution is -2.41. The highest BCUT2D eigenvalue weighted by Crippen LogP contribution is 2.11. The molecule has 0 saturated carbocycles. The van der Waals surface area contributed by atoms with E-state index in [1.165, 1.54) is 28.9 Å². The molecule has 0 bridgehead atoms. The van der Waals surface area contributed by atoms with Crippen LogP contribution in [0, 0.1) is 12.7 Å². The van der Waals surface area contributed by atoms with Crippen molar-refractivity contribution >= 4 is 11.9 Å². The summed E-state index contributed by atoms with van der Waals surface area (Å²) in [6.45, 7) is 5.16. The zero-order valence-electron chi connectivity index (χ0n) is 13.1. The lowest BCUT2D eigenvalue weighted by molar-refractivity contribution is -0.139. The summed E-state index contributed by atoms with van der Waals surface area (Å²) in [4.78, 5) is 27.4. The SMILES string of the molecule is C=CCCC(NC(=O)c1nc(C)n(-c2ccc(F)cc2)n1)C(=O)O. The third-order valence-corrected chi connectivity index (χ3v) is 3.31. The van der Waals surface area contributed by atoms with Crippen LogP contribution in [0.2, 0.25) is 0 Å². The van der Waals surface area contributed by atoms with Gasteiger partial charge < -0.3 is 10.4 Å². The van der Waals surface area contributed by atoms with Gasteiger partial charge in [-0.25, -0.2) is 18.9 Å². The fourth-order valence-corrected chi connectivity index (χ4v) is 2.08. The van der Waals surface area contributed by atoms with E-state index >= 15 is 0 Å². The molecule has 0 saturated heterocycles. The Balaban J connectivity index is 2.18.